The first-order valence-electron chi connectivity index (χ1n) is 4.68. The molecule has 5 nitrogen and oxygen atoms in total. The highest BCUT2D eigenvalue weighted by atomic mass is 16.5. The van der Waals surface area contributed by atoms with Gasteiger partial charge in [0, 0.05) is 0 Å². The number of aromatic nitrogens is 2. The zero-order valence-electron chi connectivity index (χ0n) is 7.81. The Balaban J connectivity index is 2.14. The van der Waals surface area contributed by atoms with Gasteiger partial charge in [0.1, 0.15) is 0 Å². The number of anilines is 1. The lowest BCUT2D eigenvalue weighted by molar-refractivity contribution is -0.762. The molecule has 1 aliphatic heterocycles. The molecule has 2 N–H and O–H groups in total. The van der Waals surface area contributed by atoms with Gasteiger partial charge in [-0.3, -0.25) is 4.52 Å². The van der Waals surface area contributed by atoms with Crippen LogP contribution in [0.2, 0.25) is 0 Å². The average Bonchev–Trinajstić information content (AvgIpc) is 2.53. The summed E-state index contributed by atoms with van der Waals surface area (Å²) in [5.74, 6) is 0.359. The van der Waals surface area contributed by atoms with E-state index in [4.69, 9.17) is 10.3 Å². The minimum atomic E-state index is 0.359. The van der Waals surface area contributed by atoms with Crippen LogP contribution in [0.1, 0.15) is 26.2 Å². The number of hydrogen-bond donors (Lipinski definition) is 1. The summed E-state index contributed by atoms with van der Waals surface area (Å²) in [4.78, 5) is 1.71. The van der Waals surface area contributed by atoms with Gasteiger partial charge in [0.2, 0.25) is 5.27 Å². The largest absolute Gasteiger partial charge is 0.362 e. The maximum atomic E-state index is 5.45. The van der Waals surface area contributed by atoms with Gasteiger partial charge in [-0.05, 0) is 26.2 Å². The quantitative estimate of drug-likeness (QED) is 0.625. The first-order valence-corrected chi connectivity index (χ1v) is 4.68. The first kappa shape index (κ1) is 8.34. The molecule has 0 aliphatic carbocycles. The monoisotopic (exact) mass is 183 g/mol. The van der Waals surface area contributed by atoms with E-state index in [0.29, 0.717) is 11.9 Å². The Hall–Kier alpha value is -1.26. The molecule has 1 unspecified atom stereocenters. The molecule has 1 aromatic heterocycles. The molecular formula is C8H15N4O+. The fourth-order valence-corrected chi connectivity index (χ4v) is 1.76. The molecule has 1 fully saturated rings. The number of piperidine rings is 1. The zero-order valence-corrected chi connectivity index (χ0v) is 7.81. The molecule has 0 spiro atoms. The van der Waals surface area contributed by atoms with Crippen molar-refractivity contribution in [3.8, 4) is 0 Å². The van der Waals surface area contributed by atoms with Gasteiger partial charge in [-0.25, -0.2) is 0 Å². The number of rotatable bonds is 1. The van der Waals surface area contributed by atoms with Crippen molar-refractivity contribution in [1.29, 1.82) is 0 Å². The van der Waals surface area contributed by atoms with Crippen molar-refractivity contribution < 1.29 is 9.31 Å². The van der Waals surface area contributed by atoms with E-state index in [1.165, 1.54) is 19.3 Å². The van der Waals surface area contributed by atoms with E-state index in [9.17, 15) is 0 Å². The van der Waals surface area contributed by atoms with E-state index in [1.807, 2.05) is 0 Å². The maximum absolute atomic E-state index is 5.45. The normalized spacial score (nSPS) is 23.5. The molecule has 5 heteroatoms. The molecule has 72 valence electrons. The lowest BCUT2D eigenvalue weighted by Crippen LogP contribution is -2.64. The molecule has 1 saturated heterocycles. The van der Waals surface area contributed by atoms with Crippen LogP contribution in [0.5, 0.6) is 0 Å². The maximum Gasteiger partial charge on any atom is 0.296 e. The second-order valence-corrected chi connectivity index (χ2v) is 3.53. The van der Waals surface area contributed by atoms with Crippen LogP contribution in [-0.2, 0) is 0 Å². The van der Waals surface area contributed by atoms with Crippen molar-refractivity contribution >= 4 is 5.88 Å². The van der Waals surface area contributed by atoms with Crippen LogP contribution in [0.15, 0.2) is 10.7 Å². The molecule has 13 heavy (non-hydrogen) atoms. The average molecular weight is 183 g/mol. The number of nitrogens with two attached hydrogens (primary N) is 1. The summed E-state index contributed by atoms with van der Waals surface area (Å²) in [5.41, 5.74) is 5.45. The van der Waals surface area contributed by atoms with Gasteiger partial charge in [-0.2, -0.15) is 5.01 Å². The first-order chi connectivity index (χ1) is 6.27. The molecule has 0 radical (unpaired) electrons. The third-order valence-corrected chi connectivity index (χ3v) is 2.50. The second kappa shape index (κ2) is 3.24. The fourth-order valence-electron chi connectivity index (χ4n) is 1.76. The van der Waals surface area contributed by atoms with E-state index in [1.54, 1.807) is 11.0 Å². The van der Waals surface area contributed by atoms with E-state index in [2.05, 4.69) is 17.2 Å². The van der Waals surface area contributed by atoms with Gasteiger partial charge in [0.25, 0.3) is 12.1 Å². The Bertz CT molecular complexity index is 285. The Morgan fingerprint density at radius 1 is 1.69 bits per heavy atom. The van der Waals surface area contributed by atoms with Crippen LogP contribution in [0.4, 0.5) is 5.88 Å². The molecule has 0 saturated carbocycles. The molecule has 0 amide bonds. The van der Waals surface area contributed by atoms with Crippen LogP contribution in [0.25, 0.3) is 0 Å². The number of hydrogen-bond acceptors (Lipinski definition) is 4. The van der Waals surface area contributed by atoms with Gasteiger partial charge in [0.05, 0.1) is 17.4 Å². The predicted octanol–water partition coefficient (Wildman–Crippen LogP) is 0.0547. The van der Waals surface area contributed by atoms with Crippen molar-refractivity contribution in [3.05, 3.63) is 6.20 Å². The predicted molar refractivity (Wildman–Crippen MR) is 47.5 cm³/mol. The molecule has 2 rings (SSSR count). The van der Waals surface area contributed by atoms with E-state index in [0.717, 1.165) is 6.54 Å². The standard InChI is InChI=1S/C8H15N4O/c1-7-4-2-3-5-11(7)12-6-8(9)13-10-12/h6-7H,2-5,9H2,1H3/q+1. The van der Waals surface area contributed by atoms with Crippen molar-refractivity contribution in [3.63, 3.8) is 0 Å². The summed E-state index contributed by atoms with van der Waals surface area (Å²) >= 11 is 0. The van der Waals surface area contributed by atoms with Gasteiger partial charge >= 0.3 is 0 Å². The van der Waals surface area contributed by atoms with Crippen molar-refractivity contribution in [1.82, 2.24) is 5.27 Å². The van der Waals surface area contributed by atoms with Crippen LogP contribution < -0.4 is 15.5 Å². The van der Waals surface area contributed by atoms with E-state index >= 15 is 0 Å². The van der Waals surface area contributed by atoms with E-state index in [-0.39, 0.29) is 0 Å². The fraction of sp³-hybridized carbons (Fsp3) is 0.750. The molecule has 0 bridgehead atoms. The Labute approximate surface area is 77.0 Å². The summed E-state index contributed by atoms with van der Waals surface area (Å²) in [5, 5.41) is 6.00. The second-order valence-electron chi connectivity index (χ2n) is 3.53. The third kappa shape index (κ3) is 1.59. The lowest BCUT2D eigenvalue weighted by atomic mass is 10.1. The molecule has 1 atom stereocenters. The highest BCUT2D eigenvalue weighted by molar-refractivity contribution is 5.11. The van der Waals surface area contributed by atoms with Gasteiger partial charge in [-0.1, -0.05) is 0 Å². The number of nitrogen functional groups attached to an aromatic ring is 1. The molecular weight excluding hydrogens is 168 g/mol. The van der Waals surface area contributed by atoms with Crippen LogP contribution in [0.3, 0.4) is 0 Å². The Morgan fingerprint density at radius 2 is 2.54 bits per heavy atom. The lowest BCUT2D eigenvalue weighted by Gasteiger charge is -2.25. The highest BCUT2D eigenvalue weighted by Gasteiger charge is 2.27. The summed E-state index contributed by atoms with van der Waals surface area (Å²) < 4.78 is 4.82. The van der Waals surface area contributed by atoms with Crippen LogP contribution in [0, 0.1) is 0 Å². The zero-order chi connectivity index (χ0) is 9.26. The Morgan fingerprint density at radius 3 is 3.15 bits per heavy atom. The minimum absolute atomic E-state index is 0.359. The summed E-state index contributed by atoms with van der Waals surface area (Å²) in [6.07, 6.45) is 5.43. The topological polar surface area (TPSA) is 59.2 Å². The Kier molecular flexibility index (Phi) is 2.08. The van der Waals surface area contributed by atoms with Crippen molar-refractivity contribution in [2.24, 2.45) is 0 Å². The van der Waals surface area contributed by atoms with E-state index < -0.39 is 0 Å². The van der Waals surface area contributed by atoms with Crippen molar-refractivity contribution in [2.45, 2.75) is 32.2 Å². The van der Waals surface area contributed by atoms with Crippen LogP contribution >= 0.6 is 0 Å². The third-order valence-electron chi connectivity index (χ3n) is 2.50. The van der Waals surface area contributed by atoms with Gasteiger partial charge in [-0.15, -0.1) is 0 Å². The molecule has 1 aromatic rings. The summed E-state index contributed by atoms with van der Waals surface area (Å²) in [7, 11) is 0. The molecule has 2 heterocycles. The van der Waals surface area contributed by atoms with Gasteiger partial charge in [0.15, 0.2) is 0 Å². The smallest absolute Gasteiger partial charge is 0.296 e. The minimum Gasteiger partial charge on any atom is -0.362 e. The molecule has 1 aliphatic rings. The summed E-state index contributed by atoms with van der Waals surface area (Å²) in [6.45, 7) is 3.22. The van der Waals surface area contributed by atoms with Crippen molar-refractivity contribution in [2.75, 3.05) is 17.3 Å². The van der Waals surface area contributed by atoms with Crippen LogP contribution in [-0.4, -0.2) is 17.9 Å². The highest BCUT2D eigenvalue weighted by Crippen LogP contribution is 2.11. The molecule has 0 aromatic carbocycles. The van der Waals surface area contributed by atoms with Gasteiger partial charge < -0.3 is 5.73 Å². The SMILES string of the molecule is CC1CCCCN1[n+]1cc(N)on1. The number of nitrogens with zero attached hydrogens (tertiary/aromatic N) is 3. The summed E-state index contributed by atoms with van der Waals surface area (Å²) in [6, 6.07) is 0.517.